The van der Waals surface area contributed by atoms with Crippen molar-refractivity contribution in [1.82, 2.24) is 4.98 Å². The predicted octanol–water partition coefficient (Wildman–Crippen LogP) is 4.37. The Kier molecular flexibility index (Phi) is 4.20. The molecule has 0 atom stereocenters. The number of fused-ring (bicyclic) bond motifs is 2. The number of nitrogens with one attached hydrogen (secondary N) is 1. The van der Waals surface area contributed by atoms with Gasteiger partial charge in [0.2, 0.25) is 5.56 Å². The third-order valence-electron chi connectivity index (χ3n) is 4.72. The Labute approximate surface area is 156 Å². The first-order valence-corrected chi connectivity index (χ1v) is 8.52. The van der Waals surface area contributed by atoms with Crippen molar-refractivity contribution < 1.29 is 14.2 Å². The van der Waals surface area contributed by atoms with Crippen LogP contribution in [0.3, 0.4) is 0 Å². The van der Waals surface area contributed by atoms with Crippen LogP contribution in [0.15, 0.2) is 59.4 Å². The first-order valence-electron chi connectivity index (χ1n) is 8.52. The lowest BCUT2D eigenvalue weighted by atomic mass is 9.96. The molecule has 1 N–H and O–H groups in total. The second-order valence-electron chi connectivity index (χ2n) is 6.14. The third-order valence-corrected chi connectivity index (χ3v) is 4.72. The molecule has 5 heteroatoms. The molecule has 27 heavy (non-hydrogen) atoms. The van der Waals surface area contributed by atoms with E-state index in [2.05, 4.69) is 4.98 Å². The van der Waals surface area contributed by atoms with Gasteiger partial charge in [-0.25, -0.2) is 0 Å². The van der Waals surface area contributed by atoms with Crippen molar-refractivity contribution in [1.29, 1.82) is 0 Å². The van der Waals surface area contributed by atoms with Gasteiger partial charge in [-0.15, -0.1) is 0 Å². The Bertz CT molecular complexity index is 1190. The van der Waals surface area contributed by atoms with Gasteiger partial charge in [0.1, 0.15) is 11.5 Å². The Balaban J connectivity index is 2.19. The minimum absolute atomic E-state index is 0.205. The number of rotatable bonds is 4. The fraction of sp³-hybridized carbons (Fsp3) is 0.136. The van der Waals surface area contributed by atoms with Gasteiger partial charge in [0.25, 0.3) is 0 Å². The van der Waals surface area contributed by atoms with Crippen molar-refractivity contribution in [3.8, 4) is 28.4 Å². The molecule has 136 valence electrons. The molecule has 0 saturated carbocycles. The van der Waals surface area contributed by atoms with Gasteiger partial charge in [-0.3, -0.25) is 4.79 Å². The molecule has 5 nitrogen and oxygen atoms in total. The summed E-state index contributed by atoms with van der Waals surface area (Å²) in [7, 11) is 4.86. The average Bonchev–Trinajstić information content (AvgIpc) is 2.71. The van der Waals surface area contributed by atoms with Gasteiger partial charge in [-0.2, -0.15) is 0 Å². The molecule has 0 bridgehead atoms. The number of aromatic nitrogens is 1. The van der Waals surface area contributed by atoms with E-state index in [-0.39, 0.29) is 5.56 Å². The van der Waals surface area contributed by atoms with Crippen LogP contribution in [0.1, 0.15) is 0 Å². The fourth-order valence-electron chi connectivity index (χ4n) is 3.54. The van der Waals surface area contributed by atoms with Crippen LogP contribution in [0, 0.1) is 0 Å². The summed E-state index contributed by atoms with van der Waals surface area (Å²) in [5, 5.41) is 2.61. The molecule has 0 aliphatic carbocycles. The number of aromatic amines is 1. The Morgan fingerprint density at radius 1 is 0.778 bits per heavy atom. The van der Waals surface area contributed by atoms with Crippen LogP contribution < -0.4 is 19.8 Å². The fourth-order valence-corrected chi connectivity index (χ4v) is 3.54. The maximum atomic E-state index is 12.4. The van der Waals surface area contributed by atoms with Crippen LogP contribution in [0.2, 0.25) is 0 Å². The van der Waals surface area contributed by atoms with E-state index >= 15 is 0 Å². The van der Waals surface area contributed by atoms with E-state index < -0.39 is 0 Å². The summed E-state index contributed by atoms with van der Waals surface area (Å²) >= 11 is 0. The highest BCUT2D eigenvalue weighted by molar-refractivity contribution is 6.14. The summed E-state index contributed by atoms with van der Waals surface area (Å²) in [4.78, 5) is 15.4. The van der Waals surface area contributed by atoms with Gasteiger partial charge in [0.15, 0.2) is 5.75 Å². The van der Waals surface area contributed by atoms with E-state index in [0.717, 1.165) is 33.0 Å². The standard InChI is InChI=1S/C22H19NO4/c1-25-14-10-8-13(9-11-14)17-12-18(24)23-20-19(17)21(26-2)15-6-4-5-7-16(15)22(20)27-3/h4-12H,1-3H3,(H,23,24). The summed E-state index contributed by atoms with van der Waals surface area (Å²) in [6.07, 6.45) is 0. The van der Waals surface area contributed by atoms with Crippen LogP contribution in [-0.4, -0.2) is 26.3 Å². The van der Waals surface area contributed by atoms with Crippen LogP contribution in [-0.2, 0) is 0 Å². The van der Waals surface area contributed by atoms with Crippen molar-refractivity contribution in [2.45, 2.75) is 0 Å². The summed E-state index contributed by atoms with van der Waals surface area (Å²) in [5.74, 6) is 2.07. The highest BCUT2D eigenvalue weighted by Crippen LogP contribution is 2.44. The van der Waals surface area contributed by atoms with E-state index in [1.807, 2.05) is 48.5 Å². The van der Waals surface area contributed by atoms with Crippen molar-refractivity contribution >= 4 is 21.7 Å². The molecular formula is C22H19NO4. The van der Waals surface area contributed by atoms with Crippen LogP contribution in [0.4, 0.5) is 0 Å². The van der Waals surface area contributed by atoms with E-state index in [9.17, 15) is 4.79 Å². The van der Waals surface area contributed by atoms with Gasteiger partial charge >= 0.3 is 0 Å². The molecule has 0 aliphatic rings. The SMILES string of the molecule is COc1ccc(-c2cc(=O)[nH]c3c(OC)c4ccccc4c(OC)c23)cc1. The zero-order valence-electron chi connectivity index (χ0n) is 15.3. The van der Waals surface area contributed by atoms with Crippen molar-refractivity contribution in [3.05, 3.63) is 65.0 Å². The number of pyridine rings is 1. The molecule has 1 heterocycles. The molecule has 0 amide bonds. The third kappa shape index (κ3) is 2.68. The molecule has 1 aromatic heterocycles. The second kappa shape index (κ2) is 6.68. The average molecular weight is 361 g/mol. The Hall–Kier alpha value is -3.47. The zero-order valence-corrected chi connectivity index (χ0v) is 15.3. The molecule has 0 spiro atoms. The zero-order chi connectivity index (χ0) is 19.0. The van der Waals surface area contributed by atoms with Crippen molar-refractivity contribution in [2.75, 3.05) is 21.3 Å². The maximum absolute atomic E-state index is 12.4. The summed E-state index contributed by atoms with van der Waals surface area (Å²) in [6, 6.07) is 17.0. The van der Waals surface area contributed by atoms with Gasteiger partial charge < -0.3 is 19.2 Å². The molecule has 0 radical (unpaired) electrons. The topological polar surface area (TPSA) is 60.6 Å². The first-order chi connectivity index (χ1) is 13.2. The molecule has 4 rings (SSSR count). The predicted molar refractivity (Wildman–Crippen MR) is 107 cm³/mol. The molecule has 4 aromatic rings. The van der Waals surface area contributed by atoms with Crippen molar-refractivity contribution in [2.24, 2.45) is 0 Å². The van der Waals surface area contributed by atoms with E-state index in [4.69, 9.17) is 14.2 Å². The summed E-state index contributed by atoms with van der Waals surface area (Å²) in [5.41, 5.74) is 2.08. The highest BCUT2D eigenvalue weighted by Gasteiger charge is 2.19. The molecule has 0 unspecified atom stereocenters. The van der Waals surface area contributed by atoms with Gasteiger partial charge in [0.05, 0.1) is 32.2 Å². The van der Waals surface area contributed by atoms with E-state index in [0.29, 0.717) is 17.0 Å². The lowest BCUT2D eigenvalue weighted by molar-refractivity contribution is 0.415. The number of hydrogen-bond acceptors (Lipinski definition) is 4. The highest BCUT2D eigenvalue weighted by atomic mass is 16.5. The normalized spacial score (nSPS) is 10.9. The maximum Gasteiger partial charge on any atom is 0.249 e. The van der Waals surface area contributed by atoms with Crippen LogP contribution >= 0.6 is 0 Å². The minimum atomic E-state index is -0.205. The lowest BCUT2D eigenvalue weighted by Crippen LogP contribution is -2.07. The van der Waals surface area contributed by atoms with Crippen molar-refractivity contribution in [3.63, 3.8) is 0 Å². The summed E-state index contributed by atoms with van der Waals surface area (Å²) < 4.78 is 16.7. The monoisotopic (exact) mass is 361 g/mol. The smallest absolute Gasteiger partial charge is 0.249 e. The van der Waals surface area contributed by atoms with Crippen LogP contribution in [0.5, 0.6) is 17.2 Å². The Morgan fingerprint density at radius 2 is 1.41 bits per heavy atom. The van der Waals surface area contributed by atoms with E-state index in [1.54, 1.807) is 27.4 Å². The quantitative estimate of drug-likeness (QED) is 0.548. The first kappa shape index (κ1) is 17.0. The Morgan fingerprint density at radius 3 is 2.00 bits per heavy atom. The van der Waals surface area contributed by atoms with Crippen LogP contribution in [0.25, 0.3) is 32.8 Å². The molecule has 0 aliphatic heterocycles. The molecule has 3 aromatic carbocycles. The molecule has 0 fully saturated rings. The lowest BCUT2D eigenvalue weighted by Gasteiger charge is -2.17. The van der Waals surface area contributed by atoms with Gasteiger partial charge in [-0.1, -0.05) is 36.4 Å². The number of methoxy groups -OCH3 is 3. The van der Waals surface area contributed by atoms with Gasteiger partial charge in [-0.05, 0) is 17.7 Å². The second-order valence-corrected chi connectivity index (χ2v) is 6.14. The molecular weight excluding hydrogens is 342 g/mol. The largest absolute Gasteiger partial charge is 0.497 e. The summed E-state index contributed by atoms with van der Waals surface area (Å²) in [6.45, 7) is 0. The minimum Gasteiger partial charge on any atom is -0.497 e. The number of hydrogen-bond donors (Lipinski definition) is 1. The van der Waals surface area contributed by atoms with Gasteiger partial charge in [0, 0.05) is 22.4 Å². The molecule has 0 saturated heterocycles. The van der Waals surface area contributed by atoms with E-state index in [1.165, 1.54) is 0 Å². The number of benzene rings is 3. The number of ether oxygens (including phenoxy) is 3. The number of H-pyrrole nitrogens is 1.